The molecule has 1 aliphatic carbocycles. The fourth-order valence-electron chi connectivity index (χ4n) is 3.36. The number of hydrogen-bond donors (Lipinski definition) is 1. The lowest BCUT2D eigenvalue weighted by Crippen LogP contribution is -2.14. The maximum Gasteiger partial charge on any atom is 0.212 e. The average Bonchev–Trinajstić information content (AvgIpc) is 3.27. The molecule has 1 aliphatic heterocycles. The third-order valence-corrected chi connectivity index (χ3v) is 6.36. The Bertz CT molecular complexity index is 1040. The van der Waals surface area contributed by atoms with Crippen LogP contribution in [0.3, 0.4) is 0 Å². The molecule has 6 nitrogen and oxygen atoms in total. The summed E-state index contributed by atoms with van der Waals surface area (Å²) in [5.41, 5.74) is 5.17. The van der Waals surface area contributed by atoms with Crippen LogP contribution < -0.4 is 0 Å². The van der Waals surface area contributed by atoms with Crippen LogP contribution in [0.4, 0.5) is 0 Å². The van der Waals surface area contributed by atoms with Gasteiger partial charge in [-0.05, 0) is 37.8 Å². The Morgan fingerprint density at radius 1 is 1.08 bits per heavy atom. The monoisotopic (exact) mass is 404 g/mol. The highest BCUT2D eigenvalue weighted by Crippen LogP contribution is 2.33. The quantitative estimate of drug-likeness (QED) is 0.693. The van der Waals surface area contributed by atoms with Gasteiger partial charge in [0.15, 0.2) is 0 Å². The first-order chi connectivity index (χ1) is 12.7. The first-order valence-electron chi connectivity index (χ1n) is 8.38. The predicted octanol–water partition coefficient (Wildman–Crippen LogP) is 4.21. The van der Waals surface area contributed by atoms with Crippen molar-refractivity contribution in [2.45, 2.75) is 30.8 Å². The van der Waals surface area contributed by atoms with E-state index in [1.165, 1.54) is 24.1 Å². The van der Waals surface area contributed by atoms with E-state index in [9.17, 15) is 0 Å². The van der Waals surface area contributed by atoms with Crippen molar-refractivity contribution in [3.05, 3.63) is 45.1 Å². The van der Waals surface area contributed by atoms with Gasteiger partial charge in [-0.15, -0.1) is 10.2 Å². The van der Waals surface area contributed by atoms with Crippen LogP contribution in [0.15, 0.2) is 28.5 Å². The van der Waals surface area contributed by atoms with Crippen LogP contribution in [0.2, 0.25) is 10.0 Å². The van der Waals surface area contributed by atoms with Crippen molar-refractivity contribution in [1.82, 2.24) is 25.1 Å². The molecule has 1 aromatic carbocycles. The van der Waals surface area contributed by atoms with E-state index in [2.05, 4.69) is 20.4 Å². The number of benzene rings is 1. The van der Waals surface area contributed by atoms with E-state index < -0.39 is 0 Å². The zero-order chi connectivity index (χ0) is 17.7. The Kier molecular flexibility index (Phi) is 4.03. The molecule has 0 saturated heterocycles. The molecular formula is C17H14Cl2N6S. The maximum atomic E-state index is 6.16. The van der Waals surface area contributed by atoms with Crippen LogP contribution in [-0.2, 0) is 12.8 Å². The van der Waals surface area contributed by atoms with E-state index in [0.29, 0.717) is 21.6 Å². The van der Waals surface area contributed by atoms with Crippen LogP contribution >= 0.6 is 35.0 Å². The molecule has 0 unspecified atom stereocenters. The SMILES string of the molecule is Clc1ccc(C2=Nn3c(nnc3-c3n[nH]c4c3CCCC4)SC2)cc1Cl. The Morgan fingerprint density at radius 2 is 1.96 bits per heavy atom. The van der Waals surface area contributed by atoms with Gasteiger partial charge in [0.05, 0.1) is 15.8 Å². The number of halogens is 2. The normalized spacial score (nSPS) is 16.2. The van der Waals surface area contributed by atoms with E-state index in [0.717, 1.165) is 35.0 Å². The van der Waals surface area contributed by atoms with Crippen LogP contribution in [0.25, 0.3) is 11.5 Å². The molecule has 0 bridgehead atoms. The lowest BCUT2D eigenvalue weighted by molar-refractivity contribution is 0.674. The van der Waals surface area contributed by atoms with Crippen LogP contribution in [-0.4, -0.2) is 36.5 Å². The van der Waals surface area contributed by atoms with Gasteiger partial charge in [-0.2, -0.15) is 14.9 Å². The summed E-state index contributed by atoms with van der Waals surface area (Å²) >= 11 is 13.8. The van der Waals surface area contributed by atoms with Gasteiger partial charge >= 0.3 is 0 Å². The van der Waals surface area contributed by atoms with Crippen molar-refractivity contribution < 1.29 is 0 Å². The molecule has 0 saturated carbocycles. The van der Waals surface area contributed by atoms with Gasteiger partial charge in [-0.1, -0.05) is 41.0 Å². The van der Waals surface area contributed by atoms with Crippen molar-refractivity contribution in [1.29, 1.82) is 0 Å². The Morgan fingerprint density at radius 3 is 2.85 bits per heavy atom. The smallest absolute Gasteiger partial charge is 0.212 e. The van der Waals surface area contributed by atoms with Crippen molar-refractivity contribution in [3.63, 3.8) is 0 Å². The highest BCUT2D eigenvalue weighted by atomic mass is 35.5. The third-order valence-electron chi connectivity index (χ3n) is 4.69. The number of nitrogens with one attached hydrogen (secondary N) is 1. The molecule has 5 rings (SSSR count). The van der Waals surface area contributed by atoms with Crippen molar-refractivity contribution in [3.8, 4) is 11.5 Å². The number of thioether (sulfide) groups is 1. The number of nitrogens with zero attached hydrogens (tertiary/aromatic N) is 5. The van der Waals surface area contributed by atoms with E-state index in [-0.39, 0.29) is 0 Å². The molecule has 1 N–H and O–H groups in total. The van der Waals surface area contributed by atoms with Crippen molar-refractivity contribution in [2.24, 2.45) is 5.10 Å². The van der Waals surface area contributed by atoms with Gasteiger partial charge in [-0.3, -0.25) is 5.10 Å². The number of aromatic nitrogens is 5. The Hall–Kier alpha value is -1.83. The first-order valence-corrected chi connectivity index (χ1v) is 10.1. The van der Waals surface area contributed by atoms with Gasteiger partial charge in [0.2, 0.25) is 11.0 Å². The Balaban J connectivity index is 1.59. The summed E-state index contributed by atoms with van der Waals surface area (Å²) < 4.78 is 1.79. The predicted molar refractivity (Wildman–Crippen MR) is 103 cm³/mol. The molecule has 26 heavy (non-hydrogen) atoms. The molecule has 0 radical (unpaired) electrons. The lowest BCUT2D eigenvalue weighted by Gasteiger charge is -2.15. The summed E-state index contributed by atoms with van der Waals surface area (Å²) in [5, 5.41) is 22.9. The van der Waals surface area contributed by atoms with E-state index in [1.807, 2.05) is 12.1 Å². The molecule has 3 heterocycles. The molecule has 2 aromatic heterocycles. The standard InChI is InChI=1S/C17H14Cl2N6S/c18-11-6-5-9(7-12(11)19)14-8-26-17-23-22-16(25(17)24-14)15-10-3-1-2-4-13(10)20-21-15/h5-7H,1-4,8H2,(H,20,21). The number of rotatable bonds is 2. The molecule has 0 amide bonds. The first kappa shape index (κ1) is 16.4. The average molecular weight is 405 g/mol. The number of H-pyrrole nitrogens is 1. The number of aryl methyl sites for hydroxylation is 1. The van der Waals surface area contributed by atoms with Gasteiger partial charge in [0.1, 0.15) is 5.69 Å². The van der Waals surface area contributed by atoms with E-state index in [1.54, 1.807) is 22.5 Å². The fraction of sp³-hybridized carbons (Fsp3) is 0.294. The number of fused-ring (bicyclic) bond motifs is 2. The second-order valence-electron chi connectivity index (χ2n) is 6.32. The fourth-order valence-corrected chi connectivity index (χ4v) is 4.49. The molecule has 0 spiro atoms. The zero-order valence-corrected chi connectivity index (χ0v) is 16.0. The minimum atomic E-state index is 0.521. The van der Waals surface area contributed by atoms with Crippen LogP contribution in [0.1, 0.15) is 29.7 Å². The summed E-state index contributed by atoms with van der Waals surface area (Å²) in [6, 6.07) is 5.56. The molecule has 3 aromatic rings. The summed E-state index contributed by atoms with van der Waals surface area (Å²) in [6.45, 7) is 0. The lowest BCUT2D eigenvalue weighted by atomic mass is 9.96. The molecular weight excluding hydrogens is 391 g/mol. The van der Waals surface area contributed by atoms with Crippen LogP contribution in [0, 0.1) is 0 Å². The van der Waals surface area contributed by atoms with E-state index >= 15 is 0 Å². The minimum Gasteiger partial charge on any atom is -0.282 e. The second-order valence-corrected chi connectivity index (χ2v) is 8.08. The largest absolute Gasteiger partial charge is 0.282 e. The molecule has 2 aliphatic rings. The highest BCUT2D eigenvalue weighted by molar-refractivity contribution is 7.99. The Labute approximate surface area is 164 Å². The van der Waals surface area contributed by atoms with Gasteiger partial charge < -0.3 is 0 Å². The third kappa shape index (κ3) is 2.66. The summed E-state index contributed by atoms with van der Waals surface area (Å²) in [4.78, 5) is 0. The van der Waals surface area contributed by atoms with Gasteiger partial charge in [0.25, 0.3) is 0 Å². The summed E-state index contributed by atoms with van der Waals surface area (Å²) in [6.07, 6.45) is 4.42. The van der Waals surface area contributed by atoms with E-state index in [4.69, 9.17) is 28.3 Å². The maximum absolute atomic E-state index is 6.16. The molecule has 9 heteroatoms. The highest BCUT2D eigenvalue weighted by Gasteiger charge is 2.26. The number of aromatic amines is 1. The summed E-state index contributed by atoms with van der Waals surface area (Å²) in [7, 11) is 0. The topological polar surface area (TPSA) is 71.8 Å². The van der Waals surface area contributed by atoms with Gasteiger partial charge in [-0.25, -0.2) is 0 Å². The minimum absolute atomic E-state index is 0.521. The molecule has 132 valence electrons. The van der Waals surface area contributed by atoms with Gasteiger partial charge in [0, 0.05) is 22.6 Å². The molecule has 0 fully saturated rings. The zero-order valence-electron chi connectivity index (χ0n) is 13.7. The number of hydrogen-bond acceptors (Lipinski definition) is 5. The molecule has 0 atom stereocenters. The van der Waals surface area contributed by atoms with Crippen molar-refractivity contribution >= 4 is 40.7 Å². The van der Waals surface area contributed by atoms with Crippen molar-refractivity contribution in [2.75, 3.05) is 5.75 Å². The summed E-state index contributed by atoms with van der Waals surface area (Å²) in [5.74, 6) is 1.39. The van der Waals surface area contributed by atoms with Crippen LogP contribution in [0.5, 0.6) is 0 Å². The second kappa shape index (κ2) is 6.40.